The van der Waals surface area contributed by atoms with Crippen LogP contribution in [0, 0.1) is 5.92 Å². The molecule has 0 aromatic heterocycles. The van der Waals surface area contributed by atoms with E-state index in [2.05, 4.69) is 49.9 Å². The SMILES string of the molecule is CC(C)c1ccc(N2CC[C@@H](C)C2)cc1. The topological polar surface area (TPSA) is 3.24 Å². The molecule has 1 aliphatic rings. The zero-order valence-corrected chi connectivity index (χ0v) is 10.0. The van der Waals surface area contributed by atoms with E-state index in [9.17, 15) is 0 Å². The van der Waals surface area contributed by atoms with Gasteiger partial charge in [-0.15, -0.1) is 0 Å². The van der Waals surface area contributed by atoms with Gasteiger partial charge in [-0.1, -0.05) is 32.9 Å². The molecule has 1 aromatic rings. The number of hydrogen-bond acceptors (Lipinski definition) is 1. The minimum atomic E-state index is 0.636. The van der Waals surface area contributed by atoms with Crippen molar-refractivity contribution in [3.63, 3.8) is 0 Å². The van der Waals surface area contributed by atoms with E-state index in [0.717, 1.165) is 5.92 Å². The Balaban J connectivity index is 2.10. The average Bonchev–Trinajstić information content (AvgIpc) is 2.65. The third-order valence-corrected chi connectivity index (χ3v) is 3.35. The van der Waals surface area contributed by atoms with Gasteiger partial charge >= 0.3 is 0 Å². The third-order valence-electron chi connectivity index (χ3n) is 3.35. The molecule has 1 aromatic carbocycles. The molecule has 0 saturated carbocycles. The van der Waals surface area contributed by atoms with Crippen molar-refractivity contribution in [1.29, 1.82) is 0 Å². The lowest BCUT2D eigenvalue weighted by atomic mass is 10.0. The van der Waals surface area contributed by atoms with E-state index in [0.29, 0.717) is 5.92 Å². The number of hydrogen-bond donors (Lipinski definition) is 0. The second kappa shape index (κ2) is 4.26. The molecule has 1 saturated heterocycles. The fourth-order valence-electron chi connectivity index (χ4n) is 2.24. The minimum Gasteiger partial charge on any atom is -0.371 e. The molecular formula is C14H21N. The molecule has 0 bridgehead atoms. The molecule has 0 N–H and O–H groups in total. The van der Waals surface area contributed by atoms with E-state index in [4.69, 9.17) is 0 Å². The molecule has 1 heteroatoms. The zero-order chi connectivity index (χ0) is 10.8. The molecule has 15 heavy (non-hydrogen) atoms. The molecule has 1 atom stereocenters. The van der Waals surface area contributed by atoms with Gasteiger partial charge in [-0.25, -0.2) is 0 Å². The lowest BCUT2D eigenvalue weighted by molar-refractivity contribution is 0.659. The van der Waals surface area contributed by atoms with Gasteiger partial charge in [0, 0.05) is 18.8 Å². The molecule has 0 spiro atoms. The highest BCUT2D eigenvalue weighted by Gasteiger charge is 2.18. The second-order valence-corrected chi connectivity index (χ2v) is 5.09. The maximum atomic E-state index is 2.49. The molecule has 1 aliphatic heterocycles. The van der Waals surface area contributed by atoms with Gasteiger partial charge in [-0.05, 0) is 36.0 Å². The molecule has 2 rings (SSSR count). The van der Waals surface area contributed by atoms with Crippen LogP contribution < -0.4 is 4.90 Å². The van der Waals surface area contributed by atoms with Crippen molar-refractivity contribution in [1.82, 2.24) is 0 Å². The summed E-state index contributed by atoms with van der Waals surface area (Å²) in [6, 6.07) is 9.08. The summed E-state index contributed by atoms with van der Waals surface area (Å²) >= 11 is 0. The largest absolute Gasteiger partial charge is 0.371 e. The Labute approximate surface area is 93.1 Å². The van der Waals surface area contributed by atoms with Crippen molar-refractivity contribution < 1.29 is 0 Å². The van der Waals surface area contributed by atoms with Crippen LogP contribution >= 0.6 is 0 Å². The van der Waals surface area contributed by atoms with Gasteiger partial charge in [-0.2, -0.15) is 0 Å². The Kier molecular flexibility index (Phi) is 2.99. The van der Waals surface area contributed by atoms with Crippen LogP contribution in [-0.4, -0.2) is 13.1 Å². The van der Waals surface area contributed by atoms with Gasteiger partial charge in [0.15, 0.2) is 0 Å². The van der Waals surface area contributed by atoms with Crippen LogP contribution in [0.15, 0.2) is 24.3 Å². The highest BCUT2D eigenvalue weighted by Crippen LogP contribution is 2.25. The van der Waals surface area contributed by atoms with Crippen LogP contribution in [0.25, 0.3) is 0 Å². The van der Waals surface area contributed by atoms with Crippen LogP contribution in [-0.2, 0) is 0 Å². The molecule has 1 heterocycles. The van der Waals surface area contributed by atoms with Gasteiger partial charge < -0.3 is 4.90 Å². The predicted octanol–water partition coefficient (Wildman–Crippen LogP) is 3.66. The number of anilines is 1. The van der Waals surface area contributed by atoms with Crippen molar-refractivity contribution in [2.75, 3.05) is 18.0 Å². The van der Waals surface area contributed by atoms with E-state index in [-0.39, 0.29) is 0 Å². The molecule has 0 amide bonds. The maximum Gasteiger partial charge on any atom is 0.0366 e. The summed E-state index contributed by atoms with van der Waals surface area (Å²) in [5.41, 5.74) is 2.83. The van der Waals surface area contributed by atoms with Crippen molar-refractivity contribution in [2.45, 2.75) is 33.1 Å². The Bertz CT molecular complexity index is 313. The van der Waals surface area contributed by atoms with Crippen molar-refractivity contribution in [2.24, 2.45) is 5.92 Å². The third kappa shape index (κ3) is 2.34. The first-order valence-corrected chi connectivity index (χ1v) is 6.01. The van der Waals surface area contributed by atoms with Crippen LogP contribution in [0.2, 0.25) is 0 Å². The van der Waals surface area contributed by atoms with E-state index >= 15 is 0 Å². The average molecular weight is 203 g/mol. The Morgan fingerprint density at radius 2 is 1.87 bits per heavy atom. The normalized spacial score (nSPS) is 21.3. The lowest BCUT2D eigenvalue weighted by Crippen LogP contribution is -2.18. The van der Waals surface area contributed by atoms with Crippen LogP contribution in [0.4, 0.5) is 5.69 Å². The summed E-state index contributed by atoms with van der Waals surface area (Å²) in [6.45, 7) is 9.27. The fraction of sp³-hybridized carbons (Fsp3) is 0.571. The van der Waals surface area contributed by atoms with Gasteiger partial charge in [0.25, 0.3) is 0 Å². The zero-order valence-electron chi connectivity index (χ0n) is 10.0. The summed E-state index contributed by atoms with van der Waals surface area (Å²) in [5, 5.41) is 0. The van der Waals surface area contributed by atoms with Crippen LogP contribution in [0.3, 0.4) is 0 Å². The summed E-state index contributed by atoms with van der Waals surface area (Å²) in [6.07, 6.45) is 1.34. The van der Waals surface area contributed by atoms with Crippen LogP contribution in [0.1, 0.15) is 38.7 Å². The summed E-state index contributed by atoms with van der Waals surface area (Å²) in [7, 11) is 0. The summed E-state index contributed by atoms with van der Waals surface area (Å²) in [5.74, 6) is 1.49. The van der Waals surface area contributed by atoms with E-state index < -0.39 is 0 Å². The predicted molar refractivity (Wildman–Crippen MR) is 66.5 cm³/mol. The Morgan fingerprint density at radius 3 is 2.33 bits per heavy atom. The lowest BCUT2D eigenvalue weighted by Gasteiger charge is -2.18. The fourth-order valence-corrected chi connectivity index (χ4v) is 2.24. The van der Waals surface area contributed by atoms with Gasteiger partial charge in [0.2, 0.25) is 0 Å². The number of rotatable bonds is 2. The highest BCUT2D eigenvalue weighted by molar-refractivity contribution is 5.48. The van der Waals surface area contributed by atoms with Crippen molar-refractivity contribution in [3.8, 4) is 0 Å². The van der Waals surface area contributed by atoms with E-state index in [1.165, 1.54) is 30.8 Å². The molecular weight excluding hydrogens is 182 g/mol. The standard InChI is InChI=1S/C14H21N/c1-11(2)13-4-6-14(7-5-13)15-9-8-12(3)10-15/h4-7,11-12H,8-10H2,1-3H3/t12-/m1/s1. The van der Waals surface area contributed by atoms with E-state index in [1.807, 2.05) is 0 Å². The molecule has 0 aliphatic carbocycles. The van der Waals surface area contributed by atoms with Crippen molar-refractivity contribution in [3.05, 3.63) is 29.8 Å². The highest BCUT2D eigenvalue weighted by atomic mass is 15.1. The summed E-state index contributed by atoms with van der Waals surface area (Å²) in [4.78, 5) is 2.49. The molecule has 1 fully saturated rings. The first kappa shape index (κ1) is 10.5. The first-order valence-electron chi connectivity index (χ1n) is 6.01. The molecule has 0 radical (unpaired) electrons. The number of nitrogens with zero attached hydrogens (tertiary/aromatic N) is 1. The van der Waals surface area contributed by atoms with Gasteiger partial charge in [-0.3, -0.25) is 0 Å². The maximum absolute atomic E-state index is 2.49. The Hall–Kier alpha value is -0.980. The minimum absolute atomic E-state index is 0.636. The van der Waals surface area contributed by atoms with Crippen LogP contribution in [0.5, 0.6) is 0 Å². The summed E-state index contributed by atoms with van der Waals surface area (Å²) < 4.78 is 0. The molecule has 1 nitrogen and oxygen atoms in total. The molecule has 0 unspecified atom stereocenters. The number of benzene rings is 1. The quantitative estimate of drug-likeness (QED) is 0.709. The molecule has 82 valence electrons. The smallest absolute Gasteiger partial charge is 0.0366 e. The first-order chi connectivity index (χ1) is 7.16. The van der Waals surface area contributed by atoms with Gasteiger partial charge in [0.05, 0.1) is 0 Å². The second-order valence-electron chi connectivity index (χ2n) is 5.09. The van der Waals surface area contributed by atoms with Crippen molar-refractivity contribution >= 4 is 5.69 Å². The van der Waals surface area contributed by atoms with Gasteiger partial charge in [0.1, 0.15) is 0 Å². The Morgan fingerprint density at radius 1 is 1.20 bits per heavy atom. The van der Waals surface area contributed by atoms with E-state index in [1.54, 1.807) is 0 Å². The monoisotopic (exact) mass is 203 g/mol.